The average molecular weight is 278 g/mol. The smallest absolute Gasteiger partial charge is 0.223 e. The van der Waals surface area contributed by atoms with E-state index < -0.39 is 10.0 Å². The van der Waals surface area contributed by atoms with E-state index in [1.807, 2.05) is 13.8 Å². The first-order valence-corrected chi connectivity index (χ1v) is 8.37. The molecular formula is C12H26N2O3S. The van der Waals surface area contributed by atoms with Crippen molar-refractivity contribution < 1.29 is 13.2 Å². The first kappa shape index (κ1) is 17.4. The molecule has 0 aromatic rings. The number of sulfonamides is 1. The van der Waals surface area contributed by atoms with Crippen LogP contribution in [-0.4, -0.2) is 33.2 Å². The maximum absolute atomic E-state index is 11.8. The molecule has 0 rings (SSSR count). The molecule has 0 aliphatic carbocycles. The van der Waals surface area contributed by atoms with E-state index >= 15 is 0 Å². The molecule has 18 heavy (non-hydrogen) atoms. The highest BCUT2D eigenvalue weighted by molar-refractivity contribution is 7.89. The van der Waals surface area contributed by atoms with Crippen molar-refractivity contribution in [2.75, 3.05) is 18.8 Å². The monoisotopic (exact) mass is 278 g/mol. The van der Waals surface area contributed by atoms with Crippen molar-refractivity contribution in [3.63, 3.8) is 0 Å². The lowest BCUT2D eigenvalue weighted by Gasteiger charge is -2.15. The standard InChI is InChI=1S/C12H26N2O3S/c1-4-7-11(8-5-2)12(15)13-9-10-18(16,17)14-6-3/h11,14H,4-10H2,1-3H3,(H,13,15). The van der Waals surface area contributed by atoms with E-state index in [2.05, 4.69) is 10.0 Å². The van der Waals surface area contributed by atoms with E-state index in [1.165, 1.54) is 0 Å². The third-order valence-corrected chi connectivity index (χ3v) is 4.15. The summed E-state index contributed by atoms with van der Waals surface area (Å²) in [7, 11) is -3.24. The normalized spacial score (nSPS) is 11.8. The van der Waals surface area contributed by atoms with Gasteiger partial charge in [-0.2, -0.15) is 0 Å². The van der Waals surface area contributed by atoms with E-state index in [9.17, 15) is 13.2 Å². The summed E-state index contributed by atoms with van der Waals surface area (Å²) < 4.78 is 25.1. The summed E-state index contributed by atoms with van der Waals surface area (Å²) in [5.41, 5.74) is 0. The van der Waals surface area contributed by atoms with Crippen molar-refractivity contribution >= 4 is 15.9 Å². The second kappa shape index (κ2) is 9.33. The lowest BCUT2D eigenvalue weighted by atomic mass is 9.97. The Hall–Kier alpha value is -0.620. The minimum absolute atomic E-state index is 0.0156. The molecule has 0 aliphatic rings. The van der Waals surface area contributed by atoms with Crippen molar-refractivity contribution in [2.45, 2.75) is 46.5 Å². The molecule has 0 aromatic carbocycles. The van der Waals surface area contributed by atoms with Crippen LogP contribution in [0.25, 0.3) is 0 Å². The minimum Gasteiger partial charge on any atom is -0.355 e. The summed E-state index contributed by atoms with van der Waals surface area (Å²) in [5.74, 6) is -0.0652. The Labute approximate surface area is 111 Å². The fourth-order valence-electron chi connectivity index (χ4n) is 1.85. The molecule has 0 atom stereocenters. The lowest BCUT2D eigenvalue weighted by molar-refractivity contribution is -0.125. The second-order valence-electron chi connectivity index (χ2n) is 4.38. The van der Waals surface area contributed by atoms with Gasteiger partial charge in [-0.25, -0.2) is 13.1 Å². The Kier molecular flexibility index (Phi) is 9.01. The van der Waals surface area contributed by atoms with Crippen LogP contribution >= 0.6 is 0 Å². The van der Waals surface area contributed by atoms with Gasteiger partial charge in [0.2, 0.25) is 15.9 Å². The topological polar surface area (TPSA) is 75.3 Å². The molecule has 6 heteroatoms. The molecule has 0 saturated carbocycles. The van der Waals surface area contributed by atoms with Crippen molar-refractivity contribution in [3.8, 4) is 0 Å². The van der Waals surface area contributed by atoms with Crippen molar-refractivity contribution in [1.82, 2.24) is 10.0 Å². The number of carbonyl (C=O) groups is 1. The number of hydrogen-bond acceptors (Lipinski definition) is 3. The summed E-state index contributed by atoms with van der Waals surface area (Å²) >= 11 is 0. The SMILES string of the molecule is CCCC(CCC)C(=O)NCCS(=O)(=O)NCC. The number of carbonyl (C=O) groups excluding carboxylic acids is 1. The molecule has 1 amide bonds. The summed E-state index contributed by atoms with van der Waals surface area (Å²) in [6.45, 7) is 6.38. The van der Waals surface area contributed by atoms with Crippen LogP contribution in [0.2, 0.25) is 0 Å². The molecule has 0 aromatic heterocycles. The van der Waals surface area contributed by atoms with E-state index in [0.717, 1.165) is 25.7 Å². The Morgan fingerprint density at radius 1 is 1.11 bits per heavy atom. The van der Waals surface area contributed by atoms with Gasteiger partial charge in [-0.1, -0.05) is 33.6 Å². The number of nitrogens with one attached hydrogen (secondary N) is 2. The van der Waals surface area contributed by atoms with Crippen LogP contribution in [0.4, 0.5) is 0 Å². The fraction of sp³-hybridized carbons (Fsp3) is 0.917. The molecule has 0 spiro atoms. The molecule has 2 N–H and O–H groups in total. The van der Waals surface area contributed by atoms with Gasteiger partial charge in [0.1, 0.15) is 0 Å². The highest BCUT2D eigenvalue weighted by Gasteiger charge is 2.17. The second-order valence-corrected chi connectivity index (χ2v) is 6.31. The quantitative estimate of drug-likeness (QED) is 0.631. The van der Waals surface area contributed by atoms with Crippen LogP contribution in [0.15, 0.2) is 0 Å². The summed E-state index contributed by atoms with van der Waals surface area (Å²) in [4.78, 5) is 11.8. The molecule has 0 unspecified atom stereocenters. The first-order valence-electron chi connectivity index (χ1n) is 6.71. The van der Waals surface area contributed by atoms with E-state index in [1.54, 1.807) is 6.92 Å². The van der Waals surface area contributed by atoms with Crippen LogP contribution in [0.5, 0.6) is 0 Å². The molecule has 0 fully saturated rings. The van der Waals surface area contributed by atoms with Gasteiger partial charge in [-0.05, 0) is 12.8 Å². The minimum atomic E-state index is -3.24. The van der Waals surface area contributed by atoms with E-state index in [0.29, 0.717) is 6.54 Å². The Balaban J connectivity index is 4.07. The highest BCUT2D eigenvalue weighted by Crippen LogP contribution is 2.13. The van der Waals surface area contributed by atoms with Crippen molar-refractivity contribution in [1.29, 1.82) is 0 Å². The largest absolute Gasteiger partial charge is 0.355 e. The molecule has 0 aliphatic heterocycles. The Morgan fingerprint density at radius 2 is 1.67 bits per heavy atom. The average Bonchev–Trinajstić information content (AvgIpc) is 2.28. The summed E-state index contributed by atoms with van der Waals surface area (Å²) in [5, 5.41) is 2.71. The lowest BCUT2D eigenvalue weighted by Crippen LogP contribution is -2.37. The van der Waals surface area contributed by atoms with Gasteiger partial charge in [0.15, 0.2) is 0 Å². The highest BCUT2D eigenvalue weighted by atomic mass is 32.2. The van der Waals surface area contributed by atoms with Gasteiger partial charge < -0.3 is 5.32 Å². The van der Waals surface area contributed by atoms with Crippen molar-refractivity contribution in [3.05, 3.63) is 0 Å². The van der Waals surface area contributed by atoms with Gasteiger partial charge in [-0.15, -0.1) is 0 Å². The van der Waals surface area contributed by atoms with Crippen LogP contribution in [-0.2, 0) is 14.8 Å². The predicted octanol–water partition coefficient (Wildman–Crippen LogP) is 1.26. The van der Waals surface area contributed by atoms with E-state index in [-0.39, 0.29) is 24.1 Å². The Bertz CT molecular complexity index is 322. The Morgan fingerprint density at radius 3 is 2.11 bits per heavy atom. The predicted molar refractivity (Wildman–Crippen MR) is 73.8 cm³/mol. The van der Waals surface area contributed by atoms with Crippen LogP contribution < -0.4 is 10.0 Å². The van der Waals surface area contributed by atoms with Gasteiger partial charge in [0.25, 0.3) is 0 Å². The van der Waals surface area contributed by atoms with Crippen LogP contribution in [0.1, 0.15) is 46.5 Å². The van der Waals surface area contributed by atoms with Gasteiger partial charge in [0.05, 0.1) is 5.75 Å². The van der Waals surface area contributed by atoms with Crippen LogP contribution in [0, 0.1) is 5.92 Å². The van der Waals surface area contributed by atoms with Gasteiger partial charge in [-0.3, -0.25) is 4.79 Å². The molecule has 0 saturated heterocycles. The molecule has 108 valence electrons. The zero-order chi connectivity index (χ0) is 14.0. The number of rotatable bonds is 10. The molecular weight excluding hydrogens is 252 g/mol. The van der Waals surface area contributed by atoms with Crippen LogP contribution in [0.3, 0.4) is 0 Å². The zero-order valence-electron chi connectivity index (χ0n) is 11.7. The fourth-order valence-corrected chi connectivity index (χ4v) is 2.80. The maximum atomic E-state index is 11.8. The summed E-state index contributed by atoms with van der Waals surface area (Å²) in [6, 6.07) is 0. The third-order valence-electron chi connectivity index (χ3n) is 2.68. The molecule has 0 heterocycles. The van der Waals surface area contributed by atoms with E-state index in [4.69, 9.17) is 0 Å². The molecule has 0 radical (unpaired) electrons. The van der Waals surface area contributed by atoms with Gasteiger partial charge >= 0.3 is 0 Å². The molecule has 5 nitrogen and oxygen atoms in total. The van der Waals surface area contributed by atoms with Gasteiger partial charge in [0, 0.05) is 19.0 Å². The maximum Gasteiger partial charge on any atom is 0.223 e. The van der Waals surface area contributed by atoms with Crippen molar-refractivity contribution in [2.24, 2.45) is 5.92 Å². The summed E-state index contributed by atoms with van der Waals surface area (Å²) in [6.07, 6.45) is 3.65. The zero-order valence-corrected chi connectivity index (χ0v) is 12.5. The number of hydrogen-bond donors (Lipinski definition) is 2. The first-order chi connectivity index (χ1) is 8.46. The molecule has 0 bridgehead atoms. The number of amides is 1. The third kappa shape index (κ3) is 7.66.